The van der Waals surface area contributed by atoms with Crippen molar-refractivity contribution in [3.05, 3.63) is 75.3 Å². The van der Waals surface area contributed by atoms with E-state index in [2.05, 4.69) is 0 Å². The zero-order valence-electron chi connectivity index (χ0n) is 13.9. The Labute approximate surface area is 156 Å². The quantitative estimate of drug-likeness (QED) is 0.719. The topological polar surface area (TPSA) is 37.4 Å². The molecule has 0 spiro atoms. The van der Waals surface area contributed by atoms with Crippen LogP contribution in [0.5, 0.6) is 0 Å². The maximum atomic E-state index is 12.0. The number of carbonyl (C=O) groups excluding carboxylic acids is 2. The van der Waals surface area contributed by atoms with Crippen molar-refractivity contribution in [3.8, 4) is 0 Å². The minimum atomic E-state index is -0.290. The van der Waals surface area contributed by atoms with Crippen LogP contribution in [0.3, 0.4) is 0 Å². The van der Waals surface area contributed by atoms with Crippen molar-refractivity contribution in [3.63, 3.8) is 0 Å². The highest BCUT2D eigenvalue weighted by atomic mass is 35.5. The second-order valence-electron chi connectivity index (χ2n) is 6.01. The van der Waals surface area contributed by atoms with E-state index in [1.165, 1.54) is 18.7 Å². The highest BCUT2D eigenvalue weighted by molar-refractivity contribution is 6.42. The molecule has 0 saturated heterocycles. The SMILES string of the molecule is CC(=O)N(C(C)=O)C1=CCC(c2ccc(Cl)c(Cl)c2)c2ccccc21. The summed E-state index contributed by atoms with van der Waals surface area (Å²) in [5.74, 6) is -0.487. The number of fused-ring (bicyclic) bond motifs is 1. The molecule has 0 aliphatic heterocycles. The van der Waals surface area contributed by atoms with Crippen LogP contribution in [-0.2, 0) is 9.59 Å². The van der Waals surface area contributed by atoms with E-state index >= 15 is 0 Å². The summed E-state index contributed by atoms with van der Waals surface area (Å²) in [6, 6.07) is 13.4. The summed E-state index contributed by atoms with van der Waals surface area (Å²) >= 11 is 12.2. The van der Waals surface area contributed by atoms with Gasteiger partial charge in [0.15, 0.2) is 0 Å². The average molecular weight is 374 g/mol. The first kappa shape index (κ1) is 17.7. The van der Waals surface area contributed by atoms with Crippen molar-refractivity contribution < 1.29 is 9.59 Å². The van der Waals surface area contributed by atoms with Gasteiger partial charge < -0.3 is 0 Å². The Morgan fingerprint density at radius 1 is 1.00 bits per heavy atom. The molecule has 0 N–H and O–H groups in total. The Kier molecular flexibility index (Phi) is 4.98. The zero-order chi connectivity index (χ0) is 18.1. The van der Waals surface area contributed by atoms with Crippen molar-refractivity contribution in [2.75, 3.05) is 0 Å². The van der Waals surface area contributed by atoms with Gasteiger partial charge in [-0.15, -0.1) is 0 Å². The fraction of sp³-hybridized carbons (Fsp3) is 0.200. The molecule has 0 fully saturated rings. The van der Waals surface area contributed by atoms with Crippen LogP contribution in [0.1, 0.15) is 42.9 Å². The largest absolute Gasteiger partial charge is 0.274 e. The van der Waals surface area contributed by atoms with Crippen molar-refractivity contribution in [2.45, 2.75) is 26.2 Å². The van der Waals surface area contributed by atoms with E-state index < -0.39 is 0 Å². The van der Waals surface area contributed by atoms with E-state index in [4.69, 9.17) is 23.2 Å². The minimum Gasteiger partial charge on any atom is -0.274 e. The Hall–Kier alpha value is -2.10. The molecule has 25 heavy (non-hydrogen) atoms. The Bertz CT molecular complexity index is 875. The Balaban J connectivity index is 2.10. The standard InChI is InChI=1S/C20H17Cl2NO2/c1-12(24)23(13(2)25)20-10-8-15(16-5-3-4-6-17(16)20)14-7-9-18(21)19(22)11-14/h3-7,9-11,15H,8H2,1-2H3. The van der Waals surface area contributed by atoms with Gasteiger partial charge in [0.05, 0.1) is 15.7 Å². The summed E-state index contributed by atoms with van der Waals surface area (Å²) in [4.78, 5) is 25.1. The van der Waals surface area contributed by atoms with Gasteiger partial charge >= 0.3 is 0 Å². The van der Waals surface area contributed by atoms with Crippen LogP contribution in [0.25, 0.3) is 5.70 Å². The second-order valence-corrected chi connectivity index (χ2v) is 6.83. The lowest BCUT2D eigenvalue weighted by Gasteiger charge is -2.30. The zero-order valence-corrected chi connectivity index (χ0v) is 15.4. The van der Waals surface area contributed by atoms with E-state index in [0.29, 0.717) is 22.2 Å². The summed E-state index contributed by atoms with van der Waals surface area (Å²) in [5, 5.41) is 1.03. The van der Waals surface area contributed by atoms with Gasteiger partial charge in [-0.1, -0.05) is 59.6 Å². The molecule has 0 heterocycles. The van der Waals surface area contributed by atoms with E-state index in [1.807, 2.05) is 42.5 Å². The number of hydrogen-bond acceptors (Lipinski definition) is 2. The number of rotatable bonds is 2. The summed E-state index contributed by atoms with van der Waals surface area (Å²) in [7, 11) is 0. The molecule has 1 unspecified atom stereocenters. The summed E-state index contributed by atoms with van der Waals surface area (Å²) in [5.41, 5.74) is 3.64. The number of nitrogens with zero attached hydrogens (tertiary/aromatic N) is 1. The third kappa shape index (κ3) is 3.35. The van der Waals surface area contributed by atoms with Crippen LogP contribution in [0, 0.1) is 0 Å². The molecule has 0 saturated carbocycles. The summed E-state index contributed by atoms with van der Waals surface area (Å²) < 4.78 is 0. The van der Waals surface area contributed by atoms with Gasteiger partial charge in [0.25, 0.3) is 0 Å². The molecule has 3 nitrogen and oxygen atoms in total. The van der Waals surface area contributed by atoms with Crippen molar-refractivity contribution in [2.24, 2.45) is 0 Å². The fourth-order valence-corrected chi connectivity index (χ4v) is 3.62. The minimum absolute atomic E-state index is 0.0930. The fourth-order valence-electron chi connectivity index (χ4n) is 3.32. The molecule has 0 bridgehead atoms. The average Bonchev–Trinajstić information content (AvgIpc) is 2.57. The lowest BCUT2D eigenvalue weighted by molar-refractivity contribution is -0.137. The van der Waals surface area contributed by atoms with Crippen molar-refractivity contribution >= 4 is 40.7 Å². The first-order valence-corrected chi connectivity index (χ1v) is 8.71. The molecule has 5 heteroatoms. The van der Waals surface area contributed by atoms with Gasteiger partial charge in [-0.05, 0) is 29.7 Å². The number of benzene rings is 2. The van der Waals surface area contributed by atoms with Crippen molar-refractivity contribution in [1.29, 1.82) is 0 Å². The number of halogens is 2. The predicted octanol–water partition coefficient (Wildman–Crippen LogP) is 5.26. The number of carbonyl (C=O) groups is 2. The van der Waals surface area contributed by atoms with Crippen LogP contribution >= 0.6 is 23.2 Å². The van der Waals surface area contributed by atoms with Gasteiger partial charge in [-0.25, -0.2) is 0 Å². The number of imide groups is 1. The highest BCUT2D eigenvalue weighted by Crippen LogP contribution is 2.41. The first-order valence-electron chi connectivity index (χ1n) is 7.95. The summed E-state index contributed by atoms with van der Waals surface area (Å²) in [6.45, 7) is 2.80. The smallest absolute Gasteiger partial charge is 0.230 e. The molecule has 0 radical (unpaired) electrons. The molecule has 2 amide bonds. The molecule has 0 aromatic heterocycles. The Morgan fingerprint density at radius 2 is 1.68 bits per heavy atom. The lowest BCUT2D eigenvalue weighted by Crippen LogP contribution is -2.33. The van der Waals surface area contributed by atoms with Crippen LogP contribution in [-0.4, -0.2) is 16.7 Å². The highest BCUT2D eigenvalue weighted by Gasteiger charge is 2.29. The van der Waals surface area contributed by atoms with E-state index in [0.717, 1.165) is 16.7 Å². The number of hydrogen-bond donors (Lipinski definition) is 0. The molecule has 2 aromatic rings. The molecule has 1 atom stereocenters. The second kappa shape index (κ2) is 7.03. The van der Waals surface area contributed by atoms with Gasteiger partial charge in [-0.2, -0.15) is 0 Å². The van der Waals surface area contributed by atoms with Gasteiger partial charge in [0.1, 0.15) is 0 Å². The van der Waals surface area contributed by atoms with Crippen molar-refractivity contribution in [1.82, 2.24) is 4.90 Å². The van der Waals surface area contributed by atoms with Gasteiger partial charge in [0.2, 0.25) is 11.8 Å². The molecule has 128 valence electrons. The Morgan fingerprint density at radius 3 is 2.32 bits per heavy atom. The van der Waals surface area contributed by atoms with E-state index in [1.54, 1.807) is 6.07 Å². The normalized spacial score (nSPS) is 16.0. The molecule has 3 rings (SSSR count). The first-order chi connectivity index (χ1) is 11.9. The third-order valence-corrected chi connectivity index (χ3v) is 5.11. The molecular weight excluding hydrogens is 357 g/mol. The maximum absolute atomic E-state index is 12.0. The van der Waals surface area contributed by atoms with Gasteiger partial charge in [0, 0.05) is 25.3 Å². The molecule has 1 aliphatic rings. The van der Waals surface area contributed by atoms with Crippen LogP contribution < -0.4 is 0 Å². The van der Waals surface area contributed by atoms with E-state index in [9.17, 15) is 9.59 Å². The maximum Gasteiger partial charge on any atom is 0.230 e. The van der Waals surface area contributed by atoms with Gasteiger partial charge in [-0.3, -0.25) is 14.5 Å². The molecular formula is C20H17Cl2NO2. The summed E-state index contributed by atoms with van der Waals surface area (Å²) in [6.07, 6.45) is 2.61. The lowest BCUT2D eigenvalue weighted by atomic mass is 9.80. The third-order valence-electron chi connectivity index (χ3n) is 4.38. The molecule has 1 aliphatic carbocycles. The van der Waals surface area contributed by atoms with Crippen LogP contribution in [0.15, 0.2) is 48.5 Å². The van der Waals surface area contributed by atoms with Crippen LogP contribution in [0.2, 0.25) is 10.0 Å². The number of amides is 2. The van der Waals surface area contributed by atoms with Crippen LogP contribution in [0.4, 0.5) is 0 Å². The number of allylic oxidation sites excluding steroid dienone is 1. The molecule has 2 aromatic carbocycles. The van der Waals surface area contributed by atoms with E-state index in [-0.39, 0.29) is 17.7 Å². The monoisotopic (exact) mass is 373 g/mol. The predicted molar refractivity (Wildman–Crippen MR) is 101 cm³/mol.